The summed E-state index contributed by atoms with van der Waals surface area (Å²) in [4.78, 5) is 35.8. The highest BCUT2D eigenvalue weighted by atomic mass is 35.5. The maximum absolute atomic E-state index is 12.3. The first-order valence-electron chi connectivity index (χ1n) is 7.82. The van der Waals surface area contributed by atoms with Crippen LogP contribution < -0.4 is 5.32 Å². The third kappa shape index (κ3) is 4.83. The van der Waals surface area contributed by atoms with Crippen LogP contribution in [0.2, 0.25) is 5.02 Å². The molecule has 2 rings (SSSR count). The van der Waals surface area contributed by atoms with E-state index in [1.54, 1.807) is 18.2 Å². The summed E-state index contributed by atoms with van der Waals surface area (Å²) in [7, 11) is 1.27. The van der Waals surface area contributed by atoms with Crippen LogP contribution in [0.25, 0.3) is 11.1 Å². The maximum Gasteiger partial charge on any atom is 0.341 e. The van der Waals surface area contributed by atoms with Gasteiger partial charge in [0, 0.05) is 28.3 Å². The topological polar surface area (TPSA) is 92.7 Å². The van der Waals surface area contributed by atoms with Crippen LogP contribution >= 0.6 is 22.9 Å². The number of hydrogen-bond donors (Lipinski definition) is 2. The Kier molecular flexibility index (Phi) is 6.76. The highest BCUT2D eigenvalue weighted by molar-refractivity contribution is 7.17. The maximum atomic E-state index is 12.3. The van der Waals surface area contributed by atoms with Crippen molar-refractivity contribution in [1.82, 2.24) is 0 Å². The second-order valence-corrected chi connectivity index (χ2v) is 7.20. The number of benzene rings is 1. The number of anilines is 1. The summed E-state index contributed by atoms with van der Waals surface area (Å²) in [5.74, 6) is -1.87. The molecular weight excluding hydrogens is 378 g/mol. The number of esters is 1. The molecule has 0 aliphatic heterocycles. The molecular formula is C18H18ClNO5S. The molecule has 1 amide bonds. The predicted octanol–water partition coefficient (Wildman–Crippen LogP) is 4.36. The highest BCUT2D eigenvalue weighted by Gasteiger charge is 2.25. The normalized spacial score (nSPS) is 10.4. The van der Waals surface area contributed by atoms with Crippen molar-refractivity contribution in [1.29, 1.82) is 0 Å². The van der Waals surface area contributed by atoms with Crippen molar-refractivity contribution in [3.8, 4) is 11.1 Å². The van der Waals surface area contributed by atoms with E-state index in [-0.39, 0.29) is 30.7 Å². The molecule has 1 aromatic heterocycles. The summed E-state index contributed by atoms with van der Waals surface area (Å²) in [6.45, 7) is 1.84. The quantitative estimate of drug-likeness (QED) is 0.679. The molecule has 0 aliphatic carbocycles. The average molecular weight is 396 g/mol. The van der Waals surface area contributed by atoms with Gasteiger partial charge in [-0.1, -0.05) is 23.7 Å². The lowest BCUT2D eigenvalue weighted by atomic mass is 10.0. The molecule has 2 aromatic rings. The Labute approximate surface area is 159 Å². The van der Waals surface area contributed by atoms with Gasteiger partial charge in [-0.2, -0.15) is 0 Å². The molecule has 0 saturated carbocycles. The largest absolute Gasteiger partial charge is 0.481 e. The molecule has 0 saturated heterocycles. The molecule has 0 spiro atoms. The van der Waals surface area contributed by atoms with E-state index in [4.69, 9.17) is 21.4 Å². The van der Waals surface area contributed by atoms with Crippen molar-refractivity contribution in [3.05, 3.63) is 39.7 Å². The minimum Gasteiger partial charge on any atom is -0.481 e. The number of hydrogen-bond acceptors (Lipinski definition) is 5. The van der Waals surface area contributed by atoms with Gasteiger partial charge in [0.15, 0.2) is 0 Å². The van der Waals surface area contributed by atoms with Gasteiger partial charge in [-0.05, 0) is 31.0 Å². The zero-order chi connectivity index (χ0) is 19.3. The predicted molar refractivity (Wildman–Crippen MR) is 101 cm³/mol. The van der Waals surface area contributed by atoms with E-state index in [9.17, 15) is 14.4 Å². The van der Waals surface area contributed by atoms with Crippen LogP contribution in [0.5, 0.6) is 0 Å². The van der Waals surface area contributed by atoms with Gasteiger partial charge >= 0.3 is 11.9 Å². The Bertz CT molecular complexity index is 846. The van der Waals surface area contributed by atoms with E-state index in [1.165, 1.54) is 18.4 Å². The third-order valence-electron chi connectivity index (χ3n) is 3.63. The summed E-state index contributed by atoms with van der Waals surface area (Å²) in [5, 5.41) is 12.3. The molecule has 26 heavy (non-hydrogen) atoms. The number of aliphatic carboxylic acids is 1. The standard InChI is InChI=1S/C18H18ClNO5S/c1-10-15(11-5-3-6-12(19)9-11)16(18(24)25-2)17(26-10)20-13(21)7-4-8-14(22)23/h3,5-6,9H,4,7-8H2,1-2H3,(H,20,21)(H,22,23). The monoisotopic (exact) mass is 395 g/mol. The highest BCUT2D eigenvalue weighted by Crippen LogP contribution is 2.41. The SMILES string of the molecule is COC(=O)c1c(NC(=O)CCCC(=O)O)sc(C)c1-c1cccc(Cl)c1. The van der Waals surface area contributed by atoms with E-state index >= 15 is 0 Å². The van der Waals surface area contributed by atoms with Crippen molar-refractivity contribution in [2.75, 3.05) is 12.4 Å². The fourth-order valence-corrected chi connectivity index (χ4v) is 3.78. The number of carboxylic acid groups (broad SMARTS) is 1. The van der Waals surface area contributed by atoms with Gasteiger partial charge in [-0.3, -0.25) is 9.59 Å². The summed E-state index contributed by atoms with van der Waals surface area (Å²) < 4.78 is 4.88. The van der Waals surface area contributed by atoms with Crippen molar-refractivity contribution < 1.29 is 24.2 Å². The number of carbonyl (C=O) groups excluding carboxylic acids is 2. The molecule has 1 heterocycles. The number of carboxylic acids is 1. The molecule has 0 fully saturated rings. The summed E-state index contributed by atoms with van der Waals surface area (Å²) in [5.41, 5.74) is 1.67. The van der Waals surface area contributed by atoms with E-state index in [0.717, 1.165) is 10.4 Å². The van der Waals surface area contributed by atoms with Crippen LogP contribution in [0, 0.1) is 6.92 Å². The van der Waals surface area contributed by atoms with Crippen LogP contribution in [-0.2, 0) is 14.3 Å². The molecule has 0 radical (unpaired) electrons. The van der Waals surface area contributed by atoms with E-state index in [2.05, 4.69) is 5.32 Å². The number of nitrogens with one attached hydrogen (secondary N) is 1. The summed E-state index contributed by atoms with van der Waals surface area (Å²) in [6.07, 6.45) is 0.186. The van der Waals surface area contributed by atoms with Crippen molar-refractivity contribution >= 4 is 45.8 Å². The number of rotatable bonds is 7. The number of aryl methyl sites for hydroxylation is 1. The minimum atomic E-state index is -0.955. The average Bonchev–Trinajstić information content (AvgIpc) is 2.89. The second-order valence-electron chi connectivity index (χ2n) is 5.53. The van der Waals surface area contributed by atoms with Gasteiger partial charge < -0.3 is 15.2 Å². The number of amides is 1. The Morgan fingerprint density at radius 3 is 2.62 bits per heavy atom. The van der Waals surface area contributed by atoms with Crippen LogP contribution in [-0.4, -0.2) is 30.1 Å². The van der Waals surface area contributed by atoms with Crippen molar-refractivity contribution in [2.24, 2.45) is 0 Å². The number of ether oxygens (including phenoxy) is 1. The zero-order valence-corrected chi connectivity index (χ0v) is 15.9. The molecule has 0 atom stereocenters. The van der Waals surface area contributed by atoms with Crippen LogP contribution in [0.15, 0.2) is 24.3 Å². The van der Waals surface area contributed by atoms with Crippen LogP contribution in [0.3, 0.4) is 0 Å². The third-order valence-corrected chi connectivity index (χ3v) is 4.89. The molecule has 0 aliphatic rings. The zero-order valence-electron chi connectivity index (χ0n) is 14.3. The van der Waals surface area contributed by atoms with Crippen LogP contribution in [0.1, 0.15) is 34.5 Å². The molecule has 138 valence electrons. The van der Waals surface area contributed by atoms with Crippen molar-refractivity contribution in [2.45, 2.75) is 26.2 Å². The molecule has 0 bridgehead atoms. The van der Waals surface area contributed by atoms with Crippen LogP contribution in [0.4, 0.5) is 5.00 Å². The Morgan fingerprint density at radius 1 is 1.27 bits per heavy atom. The Hall–Kier alpha value is -2.38. The first kappa shape index (κ1) is 19.9. The first-order valence-corrected chi connectivity index (χ1v) is 9.02. The van der Waals surface area contributed by atoms with Crippen molar-refractivity contribution in [3.63, 3.8) is 0 Å². The first-order chi connectivity index (χ1) is 12.3. The number of thiophene rings is 1. The molecule has 2 N–H and O–H groups in total. The van der Waals surface area contributed by atoms with E-state index in [1.807, 2.05) is 13.0 Å². The van der Waals surface area contributed by atoms with E-state index in [0.29, 0.717) is 15.6 Å². The minimum absolute atomic E-state index is 0.0519. The summed E-state index contributed by atoms with van der Waals surface area (Å²) in [6, 6.07) is 7.07. The van der Waals surface area contributed by atoms with Gasteiger partial charge in [0.25, 0.3) is 0 Å². The fourth-order valence-electron chi connectivity index (χ4n) is 2.51. The van der Waals surface area contributed by atoms with E-state index < -0.39 is 11.9 Å². The fraction of sp³-hybridized carbons (Fsp3) is 0.278. The molecule has 1 aromatic carbocycles. The lowest BCUT2D eigenvalue weighted by Crippen LogP contribution is -2.14. The van der Waals surface area contributed by atoms with Gasteiger partial charge in [0.2, 0.25) is 5.91 Å². The van der Waals surface area contributed by atoms with Gasteiger partial charge in [-0.25, -0.2) is 4.79 Å². The lowest BCUT2D eigenvalue weighted by Gasteiger charge is -2.08. The Morgan fingerprint density at radius 2 is 2.00 bits per heavy atom. The lowest BCUT2D eigenvalue weighted by molar-refractivity contribution is -0.137. The second kappa shape index (κ2) is 8.82. The van der Waals surface area contributed by atoms with Gasteiger partial charge in [0.1, 0.15) is 10.6 Å². The van der Waals surface area contributed by atoms with Gasteiger partial charge in [0.05, 0.1) is 7.11 Å². The number of halogens is 1. The molecule has 6 nitrogen and oxygen atoms in total. The number of carbonyl (C=O) groups is 3. The smallest absolute Gasteiger partial charge is 0.341 e. The molecule has 0 unspecified atom stereocenters. The Balaban J connectivity index is 2.35. The van der Waals surface area contributed by atoms with Gasteiger partial charge in [-0.15, -0.1) is 11.3 Å². The summed E-state index contributed by atoms with van der Waals surface area (Å²) >= 11 is 7.32. The molecule has 8 heteroatoms. The number of methoxy groups -OCH3 is 1.